The molecule has 118 valence electrons. The molecule has 0 spiro atoms. The number of fused-ring (bicyclic) bond motifs is 3. The Balaban J connectivity index is 1.94. The number of ether oxygens (including phenoxy) is 2. The molecule has 1 saturated heterocycles. The molecule has 0 saturated carbocycles. The lowest BCUT2D eigenvalue weighted by Crippen LogP contribution is -2.40. The molecule has 2 aromatic heterocycles. The molecule has 0 bridgehead atoms. The number of hydrogen-bond donors (Lipinski definition) is 0. The summed E-state index contributed by atoms with van der Waals surface area (Å²) < 4.78 is 12.7. The van der Waals surface area contributed by atoms with Gasteiger partial charge in [0.05, 0.1) is 43.1 Å². The third-order valence-corrected chi connectivity index (χ3v) is 4.36. The van der Waals surface area contributed by atoms with Crippen LogP contribution in [0, 0.1) is 0 Å². The highest BCUT2D eigenvalue weighted by Crippen LogP contribution is 2.29. The van der Waals surface area contributed by atoms with Crippen molar-refractivity contribution in [1.29, 1.82) is 0 Å². The number of nitrogens with zero attached hydrogens (tertiary/aromatic N) is 2. The number of carbonyl (C=O) groups excluding carboxylic acids is 1. The van der Waals surface area contributed by atoms with Gasteiger partial charge in [-0.15, -0.1) is 0 Å². The normalized spacial score (nSPS) is 15.3. The summed E-state index contributed by atoms with van der Waals surface area (Å²) in [7, 11) is 1.65. The van der Waals surface area contributed by atoms with Crippen LogP contribution in [0.1, 0.15) is 10.4 Å². The van der Waals surface area contributed by atoms with Gasteiger partial charge in [-0.05, 0) is 18.2 Å². The molecule has 1 amide bonds. The van der Waals surface area contributed by atoms with E-state index in [0.717, 1.165) is 27.7 Å². The number of benzene rings is 1. The van der Waals surface area contributed by atoms with Gasteiger partial charge >= 0.3 is 0 Å². The highest BCUT2D eigenvalue weighted by molar-refractivity contribution is 6.13. The summed E-state index contributed by atoms with van der Waals surface area (Å²) in [5.74, 6) is 0.834. The summed E-state index contributed by atoms with van der Waals surface area (Å²) >= 11 is 0. The second-order valence-electron chi connectivity index (χ2n) is 5.62. The van der Waals surface area contributed by atoms with Gasteiger partial charge in [0.2, 0.25) is 0 Å². The van der Waals surface area contributed by atoms with Crippen molar-refractivity contribution in [3.8, 4) is 5.75 Å². The zero-order valence-corrected chi connectivity index (χ0v) is 13.0. The molecule has 1 aliphatic rings. The quantitative estimate of drug-likeness (QED) is 0.730. The largest absolute Gasteiger partial charge is 0.495 e. The number of rotatable bonds is 2. The van der Waals surface area contributed by atoms with Crippen molar-refractivity contribution in [2.24, 2.45) is 0 Å². The second kappa shape index (κ2) is 5.59. The lowest BCUT2D eigenvalue weighted by atomic mass is 10.1. The average molecular weight is 310 g/mol. The lowest BCUT2D eigenvalue weighted by Gasteiger charge is -2.26. The zero-order chi connectivity index (χ0) is 15.8. The molecule has 0 N–H and O–H groups in total. The Morgan fingerprint density at radius 1 is 1.09 bits per heavy atom. The van der Waals surface area contributed by atoms with E-state index in [2.05, 4.69) is 0 Å². The number of morpholine rings is 1. The minimum atomic E-state index is 0.0668. The summed E-state index contributed by atoms with van der Waals surface area (Å²) in [6.07, 6.45) is 1.92. The van der Waals surface area contributed by atoms with E-state index < -0.39 is 0 Å². The fraction of sp³-hybridized carbons (Fsp3) is 0.278. The summed E-state index contributed by atoms with van der Waals surface area (Å²) in [4.78, 5) is 14.9. The van der Waals surface area contributed by atoms with E-state index in [9.17, 15) is 4.79 Å². The maximum atomic E-state index is 13.1. The molecule has 1 aliphatic heterocycles. The minimum Gasteiger partial charge on any atom is -0.495 e. The van der Waals surface area contributed by atoms with Crippen LogP contribution >= 0.6 is 0 Å². The molecule has 0 aliphatic carbocycles. The summed E-state index contributed by atoms with van der Waals surface area (Å²) in [6, 6.07) is 11.8. The van der Waals surface area contributed by atoms with Crippen LogP contribution in [0.2, 0.25) is 0 Å². The Morgan fingerprint density at radius 2 is 1.87 bits per heavy atom. The molecule has 0 radical (unpaired) electrons. The van der Waals surface area contributed by atoms with Crippen LogP contribution < -0.4 is 4.74 Å². The van der Waals surface area contributed by atoms with E-state index in [-0.39, 0.29) is 5.91 Å². The topological polar surface area (TPSA) is 43.2 Å². The van der Waals surface area contributed by atoms with Crippen molar-refractivity contribution in [2.75, 3.05) is 33.4 Å². The van der Waals surface area contributed by atoms with Crippen LogP contribution in [0.25, 0.3) is 16.4 Å². The van der Waals surface area contributed by atoms with E-state index in [0.29, 0.717) is 26.3 Å². The highest BCUT2D eigenvalue weighted by atomic mass is 16.5. The predicted octanol–water partition coefficient (Wildman–Crippen LogP) is 2.57. The van der Waals surface area contributed by atoms with Gasteiger partial charge in [0.15, 0.2) is 0 Å². The summed E-state index contributed by atoms with van der Waals surface area (Å²) in [5, 5.41) is 0.970. The number of aromatic nitrogens is 1. The van der Waals surface area contributed by atoms with Gasteiger partial charge in [-0.25, -0.2) is 0 Å². The number of para-hydroxylation sites is 1. The minimum absolute atomic E-state index is 0.0668. The average Bonchev–Trinajstić information content (AvgIpc) is 2.95. The highest BCUT2D eigenvalue weighted by Gasteiger charge is 2.24. The van der Waals surface area contributed by atoms with Gasteiger partial charge in [0.25, 0.3) is 5.91 Å². The molecular formula is C18H18N2O3. The number of pyridine rings is 1. The van der Waals surface area contributed by atoms with Crippen molar-refractivity contribution in [3.63, 3.8) is 0 Å². The Labute approximate surface area is 134 Å². The van der Waals surface area contributed by atoms with Crippen molar-refractivity contribution < 1.29 is 14.3 Å². The molecular weight excluding hydrogens is 292 g/mol. The molecule has 0 unspecified atom stereocenters. The van der Waals surface area contributed by atoms with Gasteiger partial charge < -0.3 is 18.8 Å². The fourth-order valence-corrected chi connectivity index (χ4v) is 3.19. The molecule has 1 aromatic carbocycles. The van der Waals surface area contributed by atoms with E-state index in [1.165, 1.54) is 0 Å². The van der Waals surface area contributed by atoms with E-state index in [1.807, 2.05) is 51.9 Å². The van der Waals surface area contributed by atoms with Crippen molar-refractivity contribution in [1.82, 2.24) is 9.30 Å². The SMILES string of the molecule is COc1ccc2c(C(=O)N3CCOCC3)c3ccccc3n2c1. The monoisotopic (exact) mass is 310 g/mol. The molecule has 4 rings (SSSR count). The van der Waals surface area contributed by atoms with Crippen molar-refractivity contribution >= 4 is 22.3 Å². The van der Waals surface area contributed by atoms with Gasteiger partial charge in [0, 0.05) is 18.5 Å². The third kappa shape index (κ3) is 2.24. The van der Waals surface area contributed by atoms with Gasteiger partial charge in [-0.1, -0.05) is 18.2 Å². The lowest BCUT2D eigenvalue weighted by molar-refractivity contribution is 0.0305. The van der Waals surface area contributed by atoms with Crippen molar-refractivity contribution in [3.05, 3.63) is 48.2 Å². The summed E-state index contributed by atoms with van der Waals surface area (Å²) in [6.45, 7) is 2.48. The molecule has 0 atom stereocenters. The Kier molecular flexibility index (Phi) is 3.42. The van der Waals surface area contributed by atoms with Crippen LogP contribution in [-0.4, -0.2) is 48.6 Å². The van der Waals surface area contributed by atoms with Gasteiger partial charge in [-0.2, -0.15) is 0 Å². The van der Waals surface area contributed by atoms with E-state index in [1.54, 1.807) is 7.11 Å². The number of hydrogen-bond acceptors (Lipinski definition) is 3. The van der Waals surface area contributed by atoms with Crippen LogP contribution in [0.3, 0.4) is 0 Å². The van der Waals surface area contributed by atoms with Crippen LogP contribution in [0.4, 0.5) is 0 Å². The Bertz CT molecular complexity index is 878. The van der Waals surface area contributed by atoms with E-state index in [4.69, 9.17) is 9.47 Å². The maximum absolute atomic E-state index is 13.1. The van der Waals surface area contributed by atoms with Crippen LogP contribution in [0.15, 0.2) is 42.6 Å². The zero-order valence-electron chi connectivity index (χ0n) is 13.0. The Morgan fingerprint density at radius 3 is 2.65 bits per heavy atom. The summed E-state index contributed by atoms with van der Waals surface area (Å²) in [5.41, 5.74) is 2.67. The van der Waals surface area contributed by atoms with Crippen LogP contribution in [-0.2, 0) is 4.74 Å². The smallest absolute Gasteiger partial charge is 0.256 e. The molecule has 1 fully saturated rings. The first-order chi connectivity index (χ1) is 11.3. The van der Waals surface area contributed by atoms with Gasteiger partial charge in [-0.3, -0.25) is 4.79 Å². The molecule has 3 heterocycles. The Hall–Kier alpha value is -2.53. The second-order valence-corrected chi connectivity index (χ2v) is 5.62. The third-order valence-electron chi connectivity index (χ3n) is 4.36. The number of methoxy groups -OCH3 is 1. The molecule has 3 aromatic rings. The van der Waals surface area contributed by atoms with E-state index >= 15 is 0 Å². The first kappa shape index (κ1) is 14.1. The molecule has 23 heavy (non-hydrogen) atoms. The van der Waals surface area contributed by atoms with Crippen molar-refractivity contribution in [2.45, 2.75) is 0 Å². The van der Waals surface area contributed by atoms with Crippen LogP contribution in [0.5, 0.6) is 5.75 Å². The number of carbonyl (C=O) groups is 1. The first-order valence-electron chi connectivity index (χ1n) is 7.73. The standard InChI is InChI=1S/C18H18N2O3/c1-22-13-6-7-16-17(18(21)19-8-10-23-11-9-19)14-4-2-3-5-15(14)20(16)12-13/h2-7,12H,8-11H2,1H3. The maximum Gasteiger partial charge on any atom is 0.256 e. The molecule has 5 heteroatoms. The van der Waals surface area contributed by atoms with Gasteiger partial charge in [0.1, 0.15) is 5.75 Å². The first-order valence-corrected chi connectivity index (χ1v) is 7.73. The fourth-order valence-electron chi connectivity index (χ4n) is 3.19. The molecule has 5 nitrogen and oxygen atoms in total. The predicted molar refractivity (Wildman–Crippen MR) is 88.2 cm³/mol. The number of amides is 1.